The highest BCUT2D eigenvalue weighted by atomic mass is 16.1. The molecule has 1 saturated heterocycles. The van der Waals surface area contributed by atoms with Crippen molar-refractivity contribution < 1.29 is 4.79 Å². The first-order chi connectivity index (χ1) is 13.0. The van der Waals surface area contributed by atoms with Gasteiger partial charge in [0, 0.05) is 31.2 Å². The number of primary amides is 1. The first kappa shape index (κ1) is 17.6. The zero-order chi connectivity index (χ0) is 19.0. The van der Waals surface area contributed by atoms with E-state index in [0.717, 1.165) is 30.9 Å². The normalized spacial score (nSPS) is 17.8. The number of rotatable bonds is 5. The fourth-order valence-corrected chi connectivity index (χ4v) is 3.74. The van der Waals surface area contributed by atoms with Crippen molar-refractivity contribution in [2.24, 2.45) is 5.73 Å². The zero-order valence-corrected chi connectivity index (χ0v) is 15.7. The van der Waals surface area contributed by atoms with Gasteiger partial charge in [-0.3, -0.25) is 9.69 Å². The fourth-order valence-electron chi connectivity index (χ4n) is 3.74. The summed E-state index contributed by atoms with van der Waals surface area (Å²) in [4.78, 5) is 20.5. The van der Waals surface area contributed by atoms with E-state index < -0.39 is 5.91 Å². The van der Waals surface area contributed by atoms with E-state index in [4.69, 9.17) is 5.73 Å². The molecule has 1 unspecified atom stereocenters. The Morgan fingerprint density at radius 2 is 2.00 bits per heavy atom. The fraction of sp³-hybridized carbons (Fsp3) is 0.350. The minimum Gasteiger partial charge on any atom is -0.365 e. The van der Waals surface area contributed by atoms with Crippen molar-refractivity contribution in [1.82, 2.24) is 24.4 Å². The predicted molar refractivity (Wildman–Crippen MR) is 104 cm³/mol. The molecule has 0 bridgehead atoms. The zero-order valence-electron chi connectivity index (χ0n) is 15.7. The van der Waals surface area contributed by atoms with Crippen LogP contribution in [0.2, 0.25) is 0 Å². The Labute approximate surface area is 158 Å². The number of carbonyl (C=O) groups excluding carboxylic acids is 1. The number of carbonyl (C=O) groups is 1. The Balaban J connectivity index is 1.55. The predicted octanol–water partition coefficient (Wildman–Crippen LogP) is 1.63. The molecule has 1 fully saturated rings. The number of fused-ring (bicyclic) bond motifs is 1. The second-order valence-electron chi connectivity index (χ2n) is 7.33. The van der Waals surface area contributed by atoms with E-state index in [1.54, 1.807) is 10.6 Å². The lowest BCUT2D eigenvalue weighted by Crippen LogP contribution is -2.31. The van der Waals surface area contributed by atoms with Crippen LogP contribution in [0.1, 0.15) is 22.3 Å². The Morgan fingerprint density at radius 3 is 2.67 bits per heavy atom. The lowest BCUT2D eigenvalue weighted by atomic mass is 10.1. The third-order valence-corrected chi connectivity index (χ3v) is 5.32. The Morgan fingerprint density at radius 1 is 1.22 bits per heavy atom. The number of hydrogen-bond donors (Lipinski definition) is 1. The Bertz CT molecular complexity index is 962. The minimum atomic E-state index is -0.503. The van der Waals surface area contributed by atoms with E-state index in [9.17, 15) is 4.79 Å². The van der Waals surface area contributed by atoms with Crippen LogP contribution in [0.4, 0.5) is 0 Å². The second-order valence-corrected chi connectivity index (χ2v) is 7.33. The summed E-state index contributed by atoms with van der Waals surface area (Å²) in [6.07, 6.45) is 2.66. The summed E-state index contributed by atoms with van der Waals surface area (Å²) in [5.41, 5.74) is 9.48. The summed E-state index contributed by atoms with van der Waals surface area (Å²) in [7, 11) is 4.30. The second kappa shape index (κ2) is 7.09. The van der Waals surface area contributed by atoms with Gasteiger partial charge in [-0.2, -0.15) is 5.10 Å². The number of hydrogen-bond acceptors (Lipinski definition) is 5. The molecule has 0 aliphatic carbocycles. The van der Waals surface area contributed by atoms with Crippen LogP contribution in [0.15, 0.2) is 42.7 Å². The van der Waals surface area contributed by atoms with Crippen LogP contribution in [0.3, 0.4) is 0 Å². The third-order valence-electron chi connectivity index (χ3n) is 5.32. The van der Waals surface area contributed by atoms with Gasteiger partial charge in [0.05, 0.1) is 11.3 Å². The molecule has 2 aromatic heterocycles. The maximum absolute atomic E-state index is 11.6. The minimum absolute atomic E-state index is 0.373. The van der Waals surface area contributed by atoms with Crippen molar-refractivity contribution in [2.75, 3.05) is 27.2 Å². The largest absolute Gasteiger partial charge is 0.365 e. The van der Waals surface area contributed by atoms with Gasteiger partial charge >= 0.3 is 0 Å². The Kier molecular flexibility index (Phi) is 4.63. The highest BCUT2D eigenvalue weighted by Crippen LogP contribution is 2.23. The summed E-state index contributed by atoms with van der Waals surface area (Å²) in [6.45, 7) is 3.21. The van der Waals surface area contributed by atoms with E-state index in [2.05, 4.69) is 58.2 Å². The number of likely N-dealkylation sites (tertiary alicyclic amines) is 1. The summed E-state index contributed by atoms with van der Waals surface area (Å²) in [6, 6.07) is 12.7. The van der Waals surface area contributed by atoms with Crippen LogP contribution in [-0.2, 0) is 6.54 Å². The SMILES string of the molecule is CN(C)C1CCN(Cc2ccc(-c3ccc(C(N)=O)c4ncnn34)cc2)C1. The highest BCUT2D eigenvalue weighted by molar-refractivity contribution is 5.99. The maximum Gasteiger partial charge on any atom is 0.252 e. The smallest absolute Gasteiger partial charge is 0.252 e. The van der Waals surface area contributed by atoms with Gasteiger partial charge in [-0.15, -0.1) is 0 Å². The van der Waals surface area contributed by atoms with Crippen molar-refractivity contribution in [1.29, 1.82) is 0 Å². The van der Waals surface area contributed by atoms with Crippen molar-refractivity contribution in [2.45, 2.75) is 19.0 Å². The topological polar surface area (TPSA) is 79.8 Å². The molecule has 7 heteroatoms. The van der Waals surface area contributed by atoms with Crippen molar-refractivity contribution >= 4 is 11.6 Å². The molecular weight excluding hydrogens is 340 g/mol. The number of nitrogens with two attached hydrogens (primary N) is 1. The van der Waals surface area contributed by atoms with Crippen LogP contribution in [0, 0.1) is 0 Å². The molecular formula is C20H24N6O. The van der Waals surface area contributed by atoms with Gasteiger partial charge in [-0.05, 0) is 38.2 Å². The standard InChI is InChI=1S/C20H24N6O/c1-24(2)16-9-10-25(12-16)11-14-3-5-15(6-4-14)18-8-7-17(19(21)27)20-22-13-23-26(18)20/h3-8,13,16H,9-12H2,1-2H3,(H2,21,27). The van der Waals surface area contributed by atoms with Crippen LogP contribution in [-0.4, -0.2) is 63.5 Å². The van der Waals surface area contributed by atoms with Crippen molar-refractivity contribution in [3.05, 3.63) is 53.9 Å². The summed E-state index contributed by atoms with van der Waals surface area (Å²) >= 11 is 0. The van der Waals surface area contributed by atoms with Crippen LogP contribution < -0.4 is 5.73 Å². The van der Waals surface area contributed by atoms with E-state index >= 15 is 0 Å². The van der Waals surface area contributed by atoms with Crippen molar-refractivity contribution in [3.8, 4) is 11.3 Å². The average molecular weight is 364 g/mol. The third kappa shape index (κ3) is 3.43. The number of benzene rings is 1. The molecule has 0 saturated carbocycles. The summed E-state index contributed by atoms with van der Waals surface area (Å²) in [5, 5.41) is 4.25. The molecule has 3 heterocycles. The summed E-state index contributed by atoms with van der Waals surface area (Å²) < 4.78 is 1.66. The first-order valence-corrected chi connectivity index (χ1v) is 9.13. The van der Waals surface area contributed by atoms with E-state index in [1.807, 2.05) is 6.07 Å². The molecule has 4 rings (SSSR count). The maximum atomic E-state index is 11.6. The quantitative estimate of drug-likeness (QED) is 0.744. The Hall–Kier alpha value is -2.77. The number of pyridine rings is 1. The molecule has 27 heavy (non-hydrogen) atoms. The molecule has 7 nitrogen and oxygen atoms in total. The average Bonchev–Trinajstić information content (AvgIpc) is 3.31. The molecule has 1 atom stereocenters. The van der Waals surface area contributed by atoms with E-state index in [0.29, 0.717) is 17.3 Å². The van der Waals surface area contributed by atoms with Gasteiger partial charge in [0.2, 0.25) is 0 Å². The number of likely N-dealkylation sites (N-methyl/N-ethyl adjacent to an activating group) is 1. The lowest BCUT2D eigenvalue weighted by Gasteiger charge is -2.20. The molecule has 140 valence electrons. The molecule has 1 aliphatic rings. The van der Waals surface area contributed by atoms with Gasteiger partial charge in [0.1, 0.15) is 6.33 Å². The lowest BCUT2D eigenvalue weighted by molar-refractivity contribution is 0.100. The molecule has 1 amide bonds. The van der Waals surface area contributed by atoms with Gasteiger partial charge in [-0.25, -0.2) is 9.50 Å². The molecule has 1 aliphatic heterocycles. The van der Waals surface area contributed by atoms with E-state index in [-0.39, 0.29) is 0 Å². The molecule has 0 spiro atoms. The monoisotopic (exact) mass is 364 g/mol. The number of nitrogens with zero attached hydrogens (tertiary/aromatic N) is 5. The van der Waals surface area contributed by atoms with Gasteiger partial charge in [0.15, 0.2) is 5.65 Å². The van der Waals surface area contributed by atoms with Crippen molar-refractivity contribution in [3.63, 3.8) is 0 Å². The van der Waals surface area contributed by atoms with Crippen LogP contribution in [0.25, 0.3) is 16.9 Å². The highest BCUT2D eigenvalue weighted by Gasteiger charge is 2.23. The van der Waals surface area contributed by atoms with Crippen LogP contribution >= 0.6 is 0 Å². The number of amides is 1. The van der Waals surface area contributed by atoms with Gasteiger partial charge < -0.3 is 10.6 Å². The number of aromatic nitrogens is 3. The molecule has 2 N–H and O–H groups in total. The molecule has 3 aromatic rings. The van der Waals surface area contributed by atoms with E-state index in [1.165, 1.54) is 18.3 Å². The van der Waals surface area contributed by atoms with Gasteiger partial charge in [0.25, 0.3) is 5.91 Å². The summed E-state index contributed by atoms with van der Waals surface area (Å²) in [5.74, 6) is -0.503. The first-order valence-electron chi connectivity index (χ1n) is 9.13. The van der Waals surface area contributed by atoms with Crippen LogP contribution in [0.5, 0.6) is 0 Å². The molecule has 0 radical (unpaired) electrons. The van der Waals surface area contributed by atoms with Gasteiger partial charge in [-0.1, -0.05) is 24.3 Å². The molecule has 1 aromatic carbocycles.